The van der Waals surface area contributed by atoms with Crippen molar-refractivity contribution >= 4 is 27.5 Å². The van der Waals surface area contributed by atoms with Gasteiger partial charge in [-0.2, -0.15) is 0 Å². The largest absolute Gasteiger partial charge is 0.350 e. The number of sulfonamides is 1. The van der Waals surface area contributed by atoms with E-state index in [-0.39, 0.29) is 27.6 Å². The van der Waals surface area contributed by atoms with E-state index in [4.69, 9.17) is 11.6 Å². The maximum Gasteiger partial charge on any atom is 0.253 e. The first-order chi connectivity index (χ1) is 9.13. The van der Waals surface area contributed by atoms with Crippen LogP contribution in [0.4, 0.5) is 0 Å². The van der Waals surface area contributed by atoms with Crippen LogP contribution in [0.3, 0.4) is 0 Å². The Labute approximate surface area is 124 Å². The predicted octanol–water partition coefficient (Wildman–Crippen LogP) is 2.16. The second kappa shape index (κ2) is 6.56. The molecule has 1 aromatic rings. The summed E-state index contributed by atoms with van der Waals surface area (Å²) in [6, 6.07) is 3.77. The standard InChI is InChI=1S/C13H19ClN2O3S/c1-8(2)15-13(17)11-7-10(5-6-12(11)14)20(18,19)16-9(3)4/h5-9,16H,1-4H3,(H,15,17). The minimum atomic E-state index is -3.65. The summed E-state index contributed by atoms with van der Waals surface area (Å²) in [5.74, 6) is -0.397. The Bertz CT molecular complexity index is 598. The van der Waals surface area contributed by atoms with Gasteiger partial charge in [0.2, 0.25) is 10.0 Å². The van der Waals surface area contributed by atoms with E-state index in [2.05, 4.69) is 10.0 Å². The minimum Gasteiger partial charge on any atom is -0.350 e. The lowest BCUT2D eigenvalue weighted by atomic mass is 10.2. The van der Waals surface area contributed by atoms with Gasteiger partial charge in [-0.1, -0.05) is 11.6 Å². The Morgan fingerprint density at radius 3 is 2.25 bits per heavy atom. The molecule has 0 fully saturated rings. The van der Waals surface area contributed by atoms with E-state index in [1.165, 1.54) is 18.2 Å². The molecule has 0 heterocycles. The van der Waals surface area contributed by atoms with Crippen molar-refractivity contribution in [3.05, 3.63) is 28.8 Å². The number of halogens is 1. The van der Waals surface area contributed by atoms with Gasteiger partial charge in [-0.3, -0.25) is 4.79 Å². The molecular weight excluding hydrogens is 300 g/mol. The van der Waals surface area contributed by atoms with Gasteiger partial charge in [0.05, 0.1) is 15.5 Å². The van der Waals surface area contributed by atoms with Gasteiger partial charge in [-0.15, -0.1) is 0 Å². The van der Waals surface area contributed by atoms with Crippen LogP contribution in [-0.2, 0) is 10.0 Å². The lowest BCUT2D eigenvalue weighted by Gasteiger charge is -2.13. The number of benzene rings is 1. The molecule has 2 N–H and O–H groups in total. The molecule has 0 aliphatic carbocycles. The van der Waals surface area contributed by atoms with E-state index >= 15 is 0 Å². The summed E-state index contributed by atoms with van der Waals surface area (Å²) in [4.78, 5) is 12.0. The summed E-state index contributed by atoms with van der Waals surface area (Å²) >= 11 is 5.95. The predicted molar refractivity (Wildman–Crippen MR) is 79.5 cm³/mol. The normalized spacial score (nSPS) is 11.9. The molecule has 0 aliphatic rings. The number of hydrogen-bond donors (Lipinski definition) is 2. The van der Waals surface area contributed by atoms with Crippen LogP contribution in [0, 0.1) is 0 Å². The number of carbonyl (C=O) groups is 1. The molecule has 0 spiro atoms. The van der Waals surface area contributed by atoms with Crippen LogP contribution in [0.2, 0.25) is 5.02 Å². The molecule has 0 saturated heterocycles. The van der Waals surface area contributed by atoms with Gasteiger partial charge in [0.25, 0.3) is 5.91 Å². The summed E-state index contributed by atoms with van der Waals surface area (Å²) in [5, 5.41) is 2.90. The summed E-state index contributed by atoms with van der Waals surface area (Å²) in [6.07, 6.45) is 0. The molecule has 0 radical (unpaired) electrons. The van der Waals surface area contributed by atoms with Gasteiger partial charge >= 0.3 is 0 Å². The van der Waals surface area contributed by atoms with Crippen molar-refractivity contribution in [1.82, 2.24) is 10.0 Å². The van der Waals surface area contributed by atoms with Crippen LogP contribution < -0.4 is 10.0 Å². The number of rotatable bonds is 5. The van der Waals surface area contributed by atoms with Crippen LogP contribution in [0.1, 0.15) is 38.1 Å². The second-order valence-corrected chi connectivity index (χ2v) is 7.17. The highest BCUT2D eigenvalue weighted by Gasteiger charge is 2.19. The van der Waals surface area contributed by atoms with E-state index in [9.17, 15) is 13.2 Å². The first kappa shape index (κ1) is 16.9. The number of carbonyl (C=O) groups excluding carboxylic acids is 1. The number of amides is 1. The Hall–Kier alpha value is -1.11. The fourth-order valence-electron chi connectivity index (χ4n) is 1.56. The monoisotopic (exact) mass is 318 g/mol. The molecule has 0 aromatic heterocycles. The lowest BCUT2D eigenvalue weighted by Crippen LogP contribution is -2.32. The summed E-state index contributed by atoms with van der Waals surface area (Å²) in [5.41, 5.74) is 0.145. The maximum absolute atomic E-state index is 12.1. The number of nitrogens with one attached hydrogen (secondary N) is 2. The molecule has 0 bridgehead atoms. The SMILES string of the molecule is CC(C)NC(=O)c1cc(S(=O)(=O)NC(C)C)ccc1Cl. The minimum absolute atomic E-state index is 0.0181. The number of hydrogen-bond acceptors (Lipinski definition) is 3. The van der Waals surface area contributed by atoms with E-state index in [1.807, 2.05) is 13.8 Å². The molecule has 1 rings (SSSR count). The lowest BCUT2D eigenvalue weighted by molar-refractivity contribution is 0.0943. The molecule has 0 saturated carbocycles. The van der Waals surface area contributed by atoms with Crippen LogP contribution in [-0.4, -0.2) is 26.4 Å². The molecule has 7 heteroatoms. The van der Waals surface area contributed by atoms with Crippen LogP contribution in [0.25, 0.3) is 0 Å². The molecule has 112 valence electrons. The summed E-state index contributed by atoms with van der Waals surface area (Å²) in [7, 11) is -3.65. The highest BCUT2D eigenvalue weighted by molar-refractivity contribution is 7.89. The topological polar surface area (TPSA) is 75.3 Å². The average Bonchev–Trinajstić information content (AvgIpc) is 2.26. The zero-order valence-electron chi connectivity index (χ0n) is 11.9. The van der Waals surface area contributed by atoms with E-state index < -0.39 is 15.9 Å². The molecule has 1 amide bonds. The fourth-order valence-corrected chi connectivity index (χ4v) is 3.04. The highest BCUT2D eigenvalue weighted by Crippen LogP contribution is 2.20. The maximum atomic E-state index is 12.1. The Kier molecular flexibility index (Phi) is 5.56. The van der Waals surface area contributed by atoms with Gasteiger partial charge in [-0.25, -0.2) is 13.1 Å². The van der Waals surface area contributed by atoms with Crippen molar-refractivity contribution in [1.29, 1.82) is 0 Å². The van der Waals surface area contributed by atoms with Gasteiger partial charge in [0, 0.05) is 12.1 Å². The molecular formula is C13H19ClN2O3S. The Balaban J connectivity index is 3.18. The molecule has 1 aromatic carbocycles. The molecule has 0 aliphatic heterocycles. The van der Waals surface area contributed by atoms with Crippen LogP contribution in [0.5, 0.6) is 0 Å². The summed E-state index contributed by atoms with van der Waals surface area (Å²) < 4.78 is 26.6. The first-order valence-corrected chi connectivity index (χ1v) is 8.12. The quantitative estimate of drug-likeness (QED) is 0.873. The average molecular weight is 319 g/mol. The van der Waals surface area contributed by atoms with Crippen molar-refractivity contribution in [2.24, 2.45) is 0 Å². The molecule has 5 nitrogen and oxygen atoms in total. The smallest absolute Gasteiger partial charge is 0.253 e. The van der Waals surface area contributed by atoms with E-state index in [1.54, 1.807) is 13.8 Å². The van der Waals surface area contributed by atoms with Gasteiger partial charge in [0.15, 0.2) is 0 Å². The third kappa shape index (κ3) is 4.47. The van der Waals surface area contributed by atoms with Gasteiger partial charge in [0.1, 0.15) is 0 Å². The fraction of sp³-hybridized carbons (Fsp3) is 0.462. The first-order valence-electron chi connectivity index (χ1n) is 6.26. The van der Waals surface area contributed by atoms with Crippen LogP contribution >= 0.6 is 11.6 Å². The van der Waals surface area contributed by atoms with Crippen molar-refractivity contribution in [3.8, 4) is 0 Å². The Morgan fingerprint density at radius 2 is 1.75 bits per heavy atom. The third-order valence-corrected chi connectivity index (χ3v) is 4.29. The molecule has 0 atom stereocenters. The van der Waals surface area contributed by atoms with E-state index in [0.29, 0.717) is 0 Å². The zero-order chi connectivity index (χ0) is 15.5. The second-order valence-electron chi connectivity index (χ2n) is 5.05. The van der Waals surface area contributed by atoms with Crippen LogP contribution in [0.15, 0.2) is 23.1 Å². The summed E-state index contributed by atoms with van der Waals surface area (Å²) in [6.45, 7) is 7.07. The molecule has 20 heavy (non-hydrogen) atoms. The van der Waals surface area contributed by atoms with Gasteiger partial charge in [-0.05, 0) is 45.9 Å². The zero-order valence-corrected chi connectivity index (χ0v) is 13.5. The van der Waals surface area contributed by atoms with E-state index in [0.717, 1.165) is 0 Å². The third-order valence-electron chi connectivity index (χ3n) is 2.30. The highest BCUT2D eigenvalue weighted by atomic mass is 35.5. The van der Waals surface area contributed by atoms with Gasteiger partial charge < -0.3 is 5.32 Å². The van der Waals surface area contributed by atoms with Crippen molar-refractivity contribution in [3.63, 3.8) is 0 Å². The van der Waals surface area contributed by atoms with Crippen molar-refractivity contribution in [2.45, 2.75) is 44.7 Å². The molecule has 0 unspecified atom stereocenters. The van der Waals surface area contributed by atoms with Crippen molar-refractivity contribution < 1.29 is 13.2 Å². The Morgan fingerprint density at radius 1 is 1.15 bits per heavy atom. The van der Waals surface area contributed by atoms with Crippen molar-refractivity contribution in [2.75, 3.05) is 0 Å².